The average molecular weight is 330 g/mol. The number of hydrogen-bond acceptors (Lipinski definition) is 5. The van der Waals surface area contributed by atoms with Gasteiger partial charge in [-0.2, -0.15) is 0 Å². The van der Waals surface area contributed by atoms with E-state index >= 15 is 0 Å². The Bertz CT molecular complexity index is 821. The molecule has 0 amide bonds. The monoisotopic (exact) mass is 330 g/mol. The maximum atomic E-state index is 12.0. The van der Waals surface area contributed by atoms with Crippen LogP contribution in [0.5, 0.6) is 5.75 Å². The van der Waals surface area contributed by atoms with Crippen LogP contribution in [0.1, 0.15) is 41.4 Å². The van der Waals surface area contributed by atoms with E-state index in [1.807, 2.05) is 0 Å². The number of carbonyl (C=O) groups excluding carboxylic acids is 1. The maximum Gasteiger partial charge on any atom is 0.343 e. The van der Waals surface area contributed by atoms with E-state index in [1.54, 1.807) is 0 Å². The van der Waals surface area contributed by atoms with Crippen LogP contribution in [-0.4, -0.2) is 39.2 Å². The summed E-state index contributed by atoms with van der Waals surface area (Å²) in [7, 11) is 0. The van der Waals surface area contributed by atoms with Crippen molar-refractivity contribution in [2.75, 3.05) is 0 Å². The molecule has 8 nitrogen and oxygen atoms in total. The van der Waals surface area contributed by atoms with Crippen LogP contribution in [0.25, 0.3) is 0 Å². The Hall–Kier alpha value is -3.68. The Balaban J connectivity index is 2.34. The minimum Gasteiger partial charge on any atom is -0.478 e. The van der Waals surface area contributed by atoms with E-state index in [0.29, 0.717) is 0 Å². The van der Waals surface area contributed by atoms with Gasteiger partial charge < -0.3 is 20.1 Å². The van der Waals surface area contributed by atoms with E-state index in [2.05, 4.69) is 0 Å². The summed E-state index contributed by atoms with van der Waals surface area (Å²) in [4.78, 5) is 44.9. The van der Waals surface area contributed by atoms with Gasteiger partial charge in [-0.3, -0.25) is 0 Å². The molecule has 0 unspecified atom stereocenters. The van der Waals surface area contributed by atoms with Crippen molar-refractivity contribution in [1.29, 1.82) is 0 Å². The van der Waals surface area contributed by atoms with Gasteiger partial charge in [0.2, 0.25) is 0 Å². The van der Waals surface area contributed by atoms with Crippen LogP contribution >= 0.6 is 0 Å². The molecule has 0 saturated carbocycles. The highest BCUT2D eigenvalue weighted by atomic mass is 16.5. The van der Waals surface area contributed by atoms with Gasteiger partial charge in [0.25, 0.3) is 0 Å². The molecule has 0 aliphatic rings. The van der Waals surface area contributed by atoms with Crippen molar-refractivity contribution in [2.24, 2.45) is 0 Å². The predicted molar refractivity (Wildman–Crippen MR) is 78.7 cm³/mol. The second-order valence-electron chi connectivity index (χ2n) is 4.63. The quantitative estimate of drug-likeness (QED) is 0.559. The normalized spacial score (nSPS) is 10.0. The minimum atomic E-state index is -1.39. The van der Waals surface area contributed by atoms with Gasteiger partial charge in [-0.1, -0.05) is 6.07 Å². The SMILES string of the molecule is O=C(O)c1cc(OC(=O)c2cccc(C(=O)O)c2)cc(C(=O)O)c1. The molecule has 0 spiro atoms. The van der Waals surface area contributed by atoms with Crippen LogP contribution in [0.15, 0.2) is 42.5 Å². The third kappa shape index (κ3) is 3.74. The first-order valence-electron chi connectivity index (χ1n) is 6.45. The summed E-state index contributed by atoms with van der Waals surface area (Å²) in [5.41, 5.74) is -0.934. The predicted octanol–water partition coefficient (Wildman–Crippen LogP) is 2.00. The zero-order chi connectivity index (χ0) is 17.9. The summed E-state index contributed by atoms with van der Waals surface area (Å²) in [6.45, 7) is 0. The van der Waals surface area contributed by atoms with E-state index < -0.39 is 23.9 Å². The van der Waals surface area contributed by atoms with E-state index in [1.165, 1.54) is 18.2 Å². The largest absolute Gasteiger partial charge is 0.478 e. The molecule has 0 heterocycles. The van der Waals surface area contributed by atoms with Crippen LogP contribution in [0.2, 0.25) is 0 Å². The van der Waals surface area contributed by atoms with Crippen LogP contribution in [0, 0.1) is 0 Å². The zero-order valence-corrected chi connectivity index (χ0v) is 11.9. The van der Waals surface area contributed by atoms with Crippen molar-refractivity contribution in [3.63, 3.8) is 0 Å². The molecule has 24 heavy (non-hydrogen) atoms. The Morgan fingerprint density at radius 2 is 1.12 bits per heavy atom. The molecule has 0 bridgehead atoms. The van der Waals surface area contributed by atoms with Crippen LogP contribution in [0.3, 0.4) is 0 Å². The molecule has 0 aliphatic carbocycles. The number of hydrogen-bond donors (Lipinski definition) is 3. The van der Waals surface area contributed by atoms with Crippen molar-refractivity contribution in [1.82, 2.24) is 0 Å². The lowest BCUT2D eigenvalue weighted by molar-refractivity contribution is 0.0673. The first kappa shape index (κ1) is 16.7. The second kappa shape index (κ2) is 6.61. The number of benzene rings is 2. The van der Waals surface area contributed by atoms with Crippen LogP contribution in [0.4, 0.5) is 0 Å². The van der Waals surface area contributed by atoms with Gasteiger partial charge >= 0.3 is 23.9 Å². The molecule has 3 N–H and O–H groups in total. The number of aromatic carboxylic acids is 3. The lowest BCUT2D eigenvalue weighted by Gasteiger charge is -2.07. The fourth-order valence-electron chi connectivity index (χ4n) is 1.85. The van der Waals surface area contributed by atoms with Crippen molar-refractivity contribution in [3.8, 4) is 5.75 Å². The van der Waals surface area contributed by atoms with Gasteiger partial charge in [-0.15, -0.1) is 0 Å². The van der Waals surface area contributed by atoms with Crippen molar-refractivity contribution < 1.29 is 39.2 Å². The molecule has 0 fully saturated rings. The first-order valence-corrected chi connectivity index (χ1v) is 6.45. The number of rotatable bonds is 5. The van der Waals surface area contributed by atoms with Gasteiger partial charge in [-0.25, -0.2) is 19.2 Å². The molecule has 0 aliphatic heterocycles. The molecule has 0 radical (unpaired) electrons. The van der Waals surface area contributed by atoms with Crippen molar-refractivity contribution in [2.45, 2.75) is 0 Å². The number of carboxylic acid groups (broad SMARTS) is 3. The highest BCUT2D eigenvalue weighted by Gasteiger charge is 2.16. The number of carboxylic acids is 3. The van der Waals surface area contributed by atoms with Gasteiger partial charge in [0.05, 0.1) is 22.3 Å². The molecular weight excluding hydrogens is 320 g/mol. The topological polar surface area (TPSA) is 138 Å². The molecule has 2 aromatic rings. The Morgan fingerprint density at radius 3 is 1.62 bits per heavy atom. The third-order valence-corrected chi connectivity index (χ3v) is 2.96. The van der Waals surface area contributed by atoms with E-state index in [0.717, 1.165) is 24.3 Å². The Kier molecular flexibility index (Phi) is 4.60. The van der Waals surface area contributed by atoms with E-state index in [-0.39, 0.29) is 28.0 Å². The van der Waals surface area contributed by atoms with Crippen molar-refractivity contribution in [3.05, 3.63) is 64.7 Å². The third-order valence-electron chi connectivity index (χ3n) is 2.96. The Labute approximate surface area is 134 Å². The smallest absolute Gasteiger partial charge is 0.343 e. The van der Waals surface area contributed by atoms with Gasteiger partial charge in [0.15, 0.2) is 0 Å². The highest BCUT2D eigenvalue weighted by Crippen LogP contribution is 2.19. The second-order valence-corrected chi connectivity index (χ2v) is 4.63. The molecule has 0 atom stereocenters. The molecule has 122 valence electrons. The van der Waals surface area contributed by atoms with Crippen LogP contribution < -0.4 is 4.74 Å². The van der Waals surface area contributed by atoms with Gasteiger partial charge in [-0.05, 0) is 36.4 Å². The summed E-state index contributed by atoms with van der Waals surface area (Å²) in [6.07, 6.45) is 0. The summed E-state index contributed by atoms with van der Waals surface area (Å²) in [6, 6.07) is 7.94. The lowest BCUT2D eigenvalue weighted by atomic mass is 10.1. The molecule has 2 aromatic carbocycles. The number of carbonyl (C=O) groups is 4. The molecule has 8 heteroatoms. The summed E-state index contributed by atoms with van der Waals surface area (Å²) >= 11 is 0. The fraction of sp³-hybridized carbons (Fsp3) is 0. The fourth-order valence-corrected chi connectivity index (χ4v) is 1.85. The molecule has 2 rings (SSSR count). The average Bonchev–Trinajstić information content (AvgIpc) is 2.54. The minimum absolute atomic E-state index is 0.0764. The first-order chi connectivity index (χ1) is 11.3. The molecular formula is C16H10O8. The highest BCUT2D eigenvalue weighted by molar-refractivity contribution is 5.97. The summed E-state index contributed by atoms with van der Waals surface area (Å²) in [5, 5.41) is 26.8. The van der Waals surface area contributed by atoms with E-state index in [9.17, 15) is 19.2 Å². The molecule has 0 saturated heterocycles. The molecule has 0 aromatic heterocycles. The van der Waals surface area contributed by atoms with E-state index in [4.69, 9.17) is 20.1 Å². The standard InChI is InChI=1S/C16H10O8/c17-13(18)8-2-1-3-9(4-8)16(23)24-12-6-10(14(19)20)5-11(7-12)15(21)22/h1-7H,(H,17,18)(H,19,20)(H,21,22). The lowest BCUT2D eigenvalue weighted by Crippen LogP contribution is -2.11. The summed E-state index contributed by atoms with van der Waals surface area (Å²) < 4.78 is 4.96. The zero-order valence-electron chi connectivity index (χ0n) is 11.9. The maximum absolute atomic E-state index is 12.0. The van der Waals surface area contributed by atoms with Gasteiger partial charge in [0, 0.05) is 0 Å². The van der Waals surface area contributed by atoms with Crippen molar-refractivity contribution >= 4 is 23.9 Å². The Morgan fingerprint density at radius 1 is 0.667 bits per heavy atom. The van der Waals surface area contributed by atoms with Crippen LogP contribution in [-0.2, 0) is 0 Å². The van der Waals surface area contributed by atoms with Gasteiger partial charge in [0.1, 0.15) is 5.75 Å². The summed E-state index contributed by atoms with van der Waals surface area (Å²) in [5.74, 6) is -5.23. The number of esters is 1. The number of ether oxygens (including phenoxy) is 1.